The van der Waals surface area contributed by atoms with Gasteiger partial charge >= 0.3 is 0 Å². The van der Waals surface area contributed by atoms with Crippen LogP contribution in [0.3, 0.4) is 0 Å². The minimum absolute atomic E-state index is 0.156. The number of benzene rings is 1. The fraction of sp³-hybridized carbons (Fsp3) is 0.300. The van der Waals surface area contributed by atoms with Gasteiger partial charge < -0.3 is 15.5 Å². The molecule has 1 aromatic carbocycles. The van der Waals surface area contributed by atoms with Crippen LogP contribution in [0.25, 0.3) is 11.4 Å². The van der Waals surface area contributed by atoms with E-state index in [1.165, 1.54) is 17.3 Å². The number of nitrogens with zero attached hydrogens (tertiary/aromatic N) is 5. The molecule has 0 aliphatic carbocycles. The maximum Gasteiger partial charge on any atom is 0.269 e. The maximum absolute atomic E-state index is 13.4. The van der Waals surface area contributed by atoms with Crippen molar-refractivity contribution in [2.75, 3.05) is 31.5 Å². The number of amides is 1. The zero-order chi connectivity index (χ0) is 21.1. The maximum atomic E-state index is 13.4. The molecule has 30 heavy (non-hydrogen) atoms. The third kappa shape index (κ3) is 4.60. The minimum atomic E-state index is -0.705. The van der Waals surface area contributed by atoms with Crippen LogP contribution in [0.1, 0.15) is 16.9 Å². The Hall–Kier alpha value is -3.40. The van der Waals surface area contributed by atoms with Crippen LogP contribution in [0.4, 0.5) is 20.4 Å². The first-order chi connectivity index (χ1) is 14.5. The number of carbonyl (C=O) groups is 1. The van der Waals surface area contributed by atoms with E-state index in [0.717, 1.165) is 37.8 Å². The lowest BCUT2D eigenvalue weighted by molar-refractivity contribution is 0.0932. The first-order valence-corrected chi connectivity index (χ1v) is 9.59. The zero-order valence-electron chi connectivity index (χ0n) is 16.4. The Kier molecular flexibility index (Phi) is 5.66. The summed E-state index contributed by atoms with van der Waals surface area (Å²) in [6.45, 7) is 3.57. The molecule has 2 aromatic heterocycles. The molecule has 4 rings (SSSR count). The minimum Gasteiger partial charge on any atom is -0.349 e. The lowest BCUT2D eigenvalue weighted by Gasteiger charge is -2.30. The standard InChI is InChI=1S/C20H21F2N7O/c1-28-18(19(30)23-5-8-29-6-2-7-29)12-17(27-28)16-3-4-24-20(26-16)25-15-10-13(21)9-14(22)11-15/h3-4,9-12H,2,5-8H2,1H3,(H,23,30)(H,24,25,26). The molecule has 156 valence electrons. The molecule has 0 spiro atoms. The second-order valence-electron chi connectivity index (χ2n) is 7.04. The van der Waals surface area contributed by atoms with Crippen molar-refractivity contribution in [3.63, 3.8) is 0 Å². The largest absolute Gasteiger partial charge is 0.349 e. The first kappa shape index (κ1) is 19.9. The summed E-state index contributed by atoms with van der Waals surface area (Å²) in [5, 5.41) is 10.0. The Bertz CT molecular complexity index is 1040. The Morgan fingerprint density at radius 2 is 1.90 bits per heavy atom. The van der Waals surface area contributed by atoms with Gasteiger partial charge in [-0.3, -0.25) is 9.48 Å². The highest BCUT2D eigenvalue weighted by molar-refractivity contribution is 5.93. The van der Waals surface area contributed by atoms with Crippen LogP contribution in [0, 0.1) is 11.6 Å². The van der Waals surface area contributed by atoms with Crippen LogP contribution in [0.2, 0.25) is 0 Å². The molecule has 1 aliphatic rings. The molecule has 0 atom stereocenters. The SMILES string of the molecule is Cn1nc(-c2ccnc(Nc3cc(F)cc(F)c3)n2)cc1C(=O)NCCN1CCC1. The van der Waals surface area contributed by atoms with Gasteiger partial charge in [0.05, 0.1) is 5.69 Å². The molecule has 1 fully saturated rings. The summed E-state index contributed by atoms with van der Waals surface area (Å²) in [5.41, 5.74) is 1.56. The number of rotatable bonds is 7. The van der Waals surface area contributed by atoms with Crippen LogP contribution in [-0.2, 0) is 7.05 Å². The van der Waals surface area contributed by atoms with Crippen LogP contribution < -0.4 is 10.6 Å². The smallest absolute Gasteiger partial charge is 0.269 e. The number of likely N-dealkylation sites (tertiary alicyclic amines) is 1. The quantitative estimate of drug-likeness (QED) is 0.618. The molecule has 8 nitrogen and oxygen atoms in total. The number of aromatic nitrogens is 4. The summed E-state index contributed by atoms with van der Waals surface area (Å²) >= 11 is 0. The first-order valence-electron chi connectivity index (χ1n) is 9.59. The van der Waals surface area contributed by atoms with Crippen molar-refractivity contribution in [3.8, 4) is 11.4 Å². The van der Waals surface area contributed by atoms with Crippen molar-refractivity contribution >= 4 is 17.5 Å². The van der Waals surface area contributed by atoms with E-state index in [-0.39, 0.29) is 17.5 Å². The monoisotopic (exact) mass is 413 g/mol. The Labute approximate surface area is 171 Å². The highest BCUT2D eigenvalue weighted by atomic mass is 19.1. The summed E-state index contributed by atoms with van der Waals surface area (Å²) in [7, 11) is 1.68. The van der Waals surface area contributed by atoms with E-state index < -0.39 is 11.6 Å². The summed E-state index contributed by atoms with van der Waals surface area (Å²) < 4.78 is 28.3. The second-order valence-corrected chi connectivity index (χ2v) is 7.04. The fourth-order valence-electron chi connectivity index (χ4n) is 3.15. The van der Waals surface area contributed by atoms with E-state index in [0.29, 0.717) is 23.6 Å². The number of nitrogens with one attached hydrogen (secondary N) is 2. The molecule has 2 N–H and O–H groups in total. The van der Waals surface area contributed by atoms with E-state index in [4.69, 9.17) is 0 Å². The van der Waals surface area contributed by atoms with Crippen LogP contribution in [0.15, 0.2) is 36.5 Å². The lowest BCUT2D eigenvalue weighted by atomic mass is 10.2. The van der Waals surface area contributed by atoms with E-state index >= 15 is 0 Å². The summed E-state index contributed by atoms with van der Waals surface area (Å²) in [6, 6.07) is 6.36. The third-order valence-corrected chi connectivity index (χ3v) is 4.81. The predicted molar refractivity (Wildman–Crippen MR) is 107 cm³/mol. The molecule has 0 bridgehead atoms. The van der Waals surface area contributed by atoms with Crippen molar-refractivity contribution in [1.82, 2.24) is 30.0 Å². The molecule has 10 heteroatoms. The molecule has 3 heterocycles. The Morgan fingerprint density at radius 1 is 1.13 bits per heavy atom. The average Bonchev–Trinajstić information content (AvgIpc) is 3.05. The molecule has 0 unspecified atom stereocenters. The van der Waals surface area contributed by atoms with Crippen LogP contribution >= 0.6 is 0 Å². The van der Waals surface area contributed by atoms with Gasteiger partial charge in [0, 0.05) is 38.1 Å². The topological polar surface area (TPSA) is 88.0 Å². The highest BCUT2D eigenvalue weighted by Gasteiger charge is 2.17. The van der Waals surface area contributed by atoms with Gasteiger partial charge in [-0.25, -0.2) is 18.7 Å². The van der Waals surface area contributed by atoms with E-state index in [2.05, 4.69) is 30.6 Å². The number of hydrogen-bond donors (Lipinski definition) is 2. The van der Waals surface area contributed by atoms with E-state index in [1.807, 2.05) is 0 Å². The van der Waals surface area contributed by atoms with E-state index in [1.54, 1.807) is 19.2 Å². The molecule has 1 saturated heterocycles. The molecule has 1 amide bonds. The lowest BCUT2D eigenvalue weighted by Crippen LogP contribution is -2.42. The summed E-state index contributed by atoms with van der Waals surface area (Å²) in [6.07, 6.45) is 2.71. The fourth-order valence-corrected chi connectivity index (χ4v) is 3.15. The Morgan fingerprint density at radius 3 is 2.60 bits per heavy atom. The number of halogens is 2. The summed E-state index contributed by atoms with van der Waals surface area (Å²) in [4.78, 5) is 23.1. The average molecular weight is 413 g/mol. The molecular weight excluding hydrogens is 392 g/mol. The second kappa shape index (κ2) is 8.54. The van der Waals surface area contributed by atoms with Crippen molar-refractivity contribution in [1.29, 1.82) is 0 Å². The number of carbonyl (C=O) groups excluding carboxylic acids is 1. The molecular formula is C20H21F2N7O. The number of hydrogen-bond acceptors (Lipinski definition) is 6. The van der Waals surface area contributed by atoms with Gasteiger partial charge in [-0.15, -0.1) is 0 Å². The Balaban J connectivity index is 1.46. The predicted octanol–water partition coefficient (Wildman–Crippen LogP) is 2.33. The van der Waals surface area contributed by atoms with Crippen molar-refractivity contribution in [3.05, 3.63) is 53.9 Å². The number of aryl methyl sites for hydroxylation is 1. The van der Waals surface area contributed by atoms with Crippen molar-refractivity contribution < 1.29 is 13.6 Å². The van der Waals surface area contributed by atoms with Gasteiger partial charge in [-0.05, 0) is 43.8 Å². The van der Waals surface area contributed by atoms with E-state index in [9.17, 15) is 13.6 Å². The van der Waals surface area contributed by atoms with Gasteiger partial charge in [-0.2, -0.15) is 5.10 Å². The van der Waals surface area contributed by atoms with Crippen molar-refractivity contribution in [2.45, 2.75) is 6.42 Å². The van der Waals surface area contributed by atoms with Crippen LogP contribution in [-0.4, -0.2) is 56.7 Å². The molecule has 3 aromatic rings. The molecule has 0 radical (unpaired) electrons. The summed E-state index contributed by atoms with van der Waals surface area (Å²) in [5.74, 6) is -1.46. The normalized spacial score (nSPS) is 13.7. The van der Waals surface area contributed by atoms with Crippen molar-refractivity contribution in [2.24, 2.45) is 7.05 Å². The van der Waals surface area contributed by atoms with Gasteiger partial charge in [0.2, 0.25) is 5.95 Å². The molecule has 0 saturated carbocycles. The zero-order valence-corrected chi connectivity index (χ0v) is 16.4. The highest BCUT2D eigenvalue weighted by Crippen LogP contribution is 2.20. The number of anilines is 2. The van der Waals surface area contributed by atoms with Gasteiger partial charge in [-0.1, -0.05) is 0 Å². The molecule has 1 aliphatic heterocycles. The van der Waals surface area contributed by atoms with Gasteiger partial charge in [0.15, 0.2) is 0 Å². The van der Waals surface area contributed by atoms with Crippen LogP contribution in [0.5, 0.6) is 0 Å². The third-order valence-electron chi connectivity index (χ3n) is 4.81. The van der Waals surface area contributed by atoms with Gasteiger partial charge in [0.1, 0.15) is 23.0 Å². The van der Waals surface area contributed by atoms with Gasteiger partial charge in [0.25, 0.3) is 5.91 Å².